The molecule has 0 aliphatic heterocycles. The summed E-state index contributed by atoms with van der Waals surface area (Å²) < 4.78 is 0. The quantitative estimate of drug-likeness (QED) is 0.414. The van der Waals surface area contributed by atoms with Crippen LogP contribution in [0.15, 0.2) is 24.8 Å². The minimum atomic E-state index is 0.178. The van der Waals surface area contributed by atoms with Crippen LogP contribution in [-0.4, -0.2) is 5.78 Å². The average Bonchev–Trinajstić information content (AvgIpc) is 1.85. The van der Waals surface area contributed by atoms with Crippen molar-refractivity contribution in [1.82, 2.24) is 0 Å². The van der Waals surface area contributed by atoms with E-state index in [0.717, 1.165) is 6.42 Å². The normalized spacial score (nSPS) is 9.89. The van der Waals surface area contributed by atoms with E-state index >= 15 is 0 Å². The van der Waals surface area contributed by atoms with Gasteiger partial charge in [0.2, 0.25) is 0 Å². The Hall–Kier alpha value is -0.850. The summed E-state index contributed by atoms with van der Waals surface area (Å²) in [5, 5.41) is 0. The molecule has 0 aromatic heterocycles. The third-order valence-electron chi connectivity index (χ3n) is 0.915. The van der Waals surface area contributed by atoms with Gasteiger partial charge >= 0.3 is 0 Å². The van der Waals surface area contributed by atoms with Crippen molar-refractivity contribution in [2.75, 3.05) is 0 Å². The van der Waals surface area contributed by atoms with Crippen molar-refractivity contribution in [2.24, 2.45) is 0 Å². The summed E-state index contributed by atoms with van der Waals surface area (Å²) in [5.74, 6) is 0.178. The lowest BCUT2D eigenvalue weighted by Crippen LogP contribution is -1.88. The van der Waals surface area contributed by atoms with Gasteiger partial charge in [-0.05, 0) is 12.5 Å². The van der Waals surface area contributed by atoms with Crippen molar-refractivity contribution in [3.05, 3.63) is 24.8 Å². The van der Waals surface area contributed by atoms with Crippen molar-refractivity contribution in [3.63, 3.8) is 0 Å². The Bertz CT molecular complexity index is 123. The molecule has 0 aromatic carbocycles. The minimum absolute atomic E-state index is 0.178. The van der Waals surface area contributed by atoms with Gasteiger partial charge in [-0.2, -0.15) is 0 Å². The molecule has 0 aliphatic carbocycles. The van der Waals surface area contributed by atoms with E-state index in [9.17, 15) is 4.79 Å². The third kappa shape index (κ3) is 5.01. The summed E-state index contributed by atoms with van der Waals surface area (Å²) in [6, 6.07) is 0. The van der Waals surface area contributed by atoms with E-state index in [2.05, 4.69) is 6.58 Å². The molecule has 0 aliphatic rings. The maximum atomic E-state index is 10.7. The maximum Gasteiger partial charge on any atom is 0.155 e. The van der Waals surface area contributed by atoms with Crippen LogP contribution in [0, 0.1) is 0 Å². The lowest BCUT2D eigenvalue weighted by molar-refractivity contribution is -0.114. The van der Waals surface area contributed by atoms with Crippen LogP contribution in [0.2, 0.25) is 0 Å². The molecule has 0 unspecified atom stereocenters. The van der Waals surface area contributed by atoms with E-state index in [4.69, 9.17) is 0 Å². The minimum Gasteiger partial charge on any atom is -0.295 e. The van der Waals surface area contributed by atoms with Crippen LogP contribution >= 0.6 is 0 Å². The highest BCUT2D eigenvalue weighted by molar-refractivity contribution is 5.89. The fourth-order valence-electron chi connectivity index (χ4n) is 0.505. The standard InChI is InChI=1S/C8H12O/c1-3-5-7-8(9)6-4-2/h3,5,7H,1,4,6H2,2H3/b7-5+. The second-order valence-corrected chi connectivity index (χ2v) is 1.81. The van der Waals surface area contributed by atoms with Crippen molar-refractivity contribution in [1.29, 1.82) is 0 Å². The van der Waals surface area contributed by atoms with Crippen LogP contribution in [0.3, 0.4) is 0 Å². The average molecular weight is 124 g/mol. The van der Waals surface area contributed by atoms with E-state index in [0.29, 0.717) is 6.42 Å². The SMILES string of the molecule is C=C/C=C/C(=O)CCC. The van der Waals surface area contributed by atoms with Crippen LogP contribution in [0.4, 0.5) is 0 Å². The first-order valence-corrected chi connectivity index (χ1v) is 3.13. The molecule has 0 aromatic rings. The number of hydrogen-bond donors (Lipinski definition) is 0. The molecule has 9 heavy (non-hydrogen) atoms. The van der Waals surface area contributed by atoms with Crippen LogP contribution in [-0.2, 0) is 4.79 Å². The van der Waals surface area contributed by atoms with Gasteiger partial charge in [-0.25, -0.2) is 0 Å². The number of carbonyl (C=O) groups is 1. The Morgan fingerprint density at radius 1 is 1.67 bits per heavy atom. The van der Waals surface area contributed by atoms with Gasteiger partial charge in [0.25, 0.3) is 0 Å². The van der Waals surface area contributed by atoms with Crippen LogP contribution in [0.5, 0.6) is 0 Å². The molecular weight excluding hydrogens is 112 g/mol. The van der Waals surface area contributed by atoms with Crippen LogP contribution < -0.4 is 0 Å². The molecule has 0 spiro atoms. The highest BCUT2D eigenvalue weighted by atomic mass is 16.1. The first-order chi connectivity index (χ1) is 4.31. The summed E-state index contributed by atoms with van der Waals surface area (Å²) in [4.78, 5) is 10.7. The lowest BCUT2D eigenvalue weighted by atomic mass is 10.2. The van der Waals surface area contributed by atoms with Gasteiger partial charge in [0.15, 0.2) is 5.78 Å². The van der Waals surface area contributed by atoms with Gasteiger partial charge < -0.3 is 0 Å². The number of carbonyl (C=O) groups excluding carboxylic acids is 1. The first kappa shape index (κ1) is 8.15. The molecule has 0 saturated heterocycles. The second kappa shape index (κ2) is 5.29. The smallest absolute Gasteiger partial charge is 0.155 e. The van der Waals surface area contributed by atoms with E-state index in [1.54, 1.807) is 18.2 Å². The van der Waals surface area contributed by atoms with Gasteiger partial charge in [0.1, 0.15) is 0 Å². The molecule has 0 heterocycles. The second-order valence-electron chi connectivity index (χ2n) is 1.81. The summed E-state index contributed by atoms with van der Waals surface area (Å²) in [6.07, 6.45) is 6.38. The predicted molar refractivity (Wildman–Crippen MR) is 39.3 cm³/mol. The number of hydrogen-bond acceptors (Lipinski definition) is 1. The summed E-state index contributed by atoms with van der Waals surface area (Å²) in [6.45, 7) is 5.44. The van der Waals surface area contributed by atoms with E-state index in [1.165, 1.54) is 0 Å². The lowest BCUT2D eigenvalue weighted by Gasteiger charge is -1.85. The monoisotopic (exact) mass is 124 g/mol. The molecule has 0 rings (SSSR count). The van der Waals surface area contributed by atoms with E-state index < -0.39 is 0 Å². The van der Waals surface area contributed by atoms with Crippen molar-refractivity contribution >= 4 is 5.78 Å². The van der Waals surface area contributed by atoms with Crippen LogP contribution in [0.1, 0.15) is 19.8 Å². The van der Waals surface area contributed by atoms with E-state index in [-0.39, 0.29) is 5.78 Å². The Morgan fingerprint density at radius 2 is 2.33 bits per heavy atom. The largest absolute Gasteiger partial charge is 0.295 e. The Kier molecular flexibility index (Phi) is 4.79. The number of ketones is 1. The Labute approximate surface area is 56.1 Å². The molecule has 0 fully saturated rings. The van der Waals surface area contributed by atoms with Crippen LogP contribution in [0.25, 0.3) is 0 Å². The molecule has 1 heteroatoms. The van der Waals surface area contributed by atoms with Crippen molar-refractivity contribution in [3.8, 4) is 0 Å². The summed E-state index contributed by atoms with van der Waals surface area (Å²) >= 11 is 0. The molecule has 0 bridgehead atoms. The van der Waals surface area contributed by atoms with Gasteiger partial charge in [0, 0.05) is 6.42 Å². The Morgan fingerprint density at radius 3 is 2.78 bits per heavy atom. The number of allylic oxidation sites excluding steroid dienone is 3. The zero-order valence-corrected chi connectivity index (χ0v) is 5.76. The van der Waals surface area contributed by atoms with Gasteiger partial charge in [-0.3, -0.25) is 4.79 Å². The molecule has 0 saturated carbocycles. The maximum absolute atomic E-state index is 10.7. The number of rotatable bonds is 4. The molecule has 50 valence electrons. The Balaban J connectivity index is 3.49. The van der Waals surface area contributed by atoms with Crippen molar-refractivity contribution < 1.29 is 4.79 Å². The molecule has 0 radical (unpaired) electrons. The zero-order valence-electron chi connectivity index (χ0n) is 5.76. The molecular formula is C8H12O. The molecule has 1 nitrogen and oxygen atoms in total. The fraction of sp³-hybridized carbons (Fsp3) is 0.375. The topological polar surface area (TPSA) is 17.1 Å². The highest BCUT2D eigenvalue weighted by Crippen LogP contribution is 1.89. The summed E-state index contributed by atoms with van der Waals surface area (Å²) in [7, 11) is 0. The van der Waals surface area contributed by atoms with Gasteiger partial charge in [-0.1, -0.05) is 25.7 Å². The van der Waals surface area contributed by atoms with Gasteiger partial charge in [0.05, 0.1) is 0 Å². The van der Waals surface area contributed by atoms with E-state index in [1.807, 2.05) is 6.92 Å². The molecule has 0 amide bonds. The zero-order chi connectivity index (χ0) is 7.11. The van der Waals surface area contributed by atoms with Gasteiger partial charge in [-0.15, -0.1) is 0 Å². The first-order valence-electron chi connectivity index (χ1n) is 3.13. The highest BCUT2D eigenvalue weighted by Gasteiger charge is 1.89. The summed E-state index contributed by atoms with van der Waals surface area (Å²) in [5.41, 5.74) is 0. The van der Waals surface area contributed by atoms with Crippen molar-refractivity contribution in [2.45, 2.75) is 19.8 Å². The molecule has 0 atom stereocenters. The predicted octanol–water partition coefficient (Wildman–Crippen LogP) is 2.10. The molecule has 0 N–H and O–H groups in total. The third-order valence-corrected chi connectivity index (χ3v) is 0.915. The fourth-order valence-corrected chi connectivity index (χ4v) is 0.505.